The van der Waals surface area contributed by atoms with Crippen LogP contribution in [0.15, 0.2) is 30.3 Å². The minimum absolute atomic E-state index is 0.257. The molecule has 41 heavy (non-hydrogen) atoms. The van der Waals surface area contributed by atoms with E-state index in [0.29, 0.717) is 5.56 Å². The summed E-state index contributed by atoms with van der Waals surface area (Å²) in [6.07, 6.45) is -7.87. The maximum Gasteiger partial charge on any atom is 0.460 e. The summed E-state index contributed by atoms with van der Waals surface area (Å²) in [6.45, 7) is -2.41. The number of hydrogen-bond acceptors (Lipinski definition) is 2. The van der Waals surface area contributed by atoms with Gasteiger partial charge in [-0.25, -0.2) is 0 Å². The van der Waals surface area contributed by atoms with Crippen molar-refractivity contribution in [1.29, 1.82) is 0 Å². The Kier molecular flexibility index (Phi) is 9.82. The zero-order chi connectivity index (χ0) is 32.7. The van der Waals surface area contributed by atoms with Crippen LogP contribution >= 0.6 is 12.2 Å². The molecular weight excluding hydrogens is 643 g/mol. The zero-order valence-corrected chi connectivity index (χ0v) is 19.9. The van der Waals surface area contributed by atoms with Crippen LogP contribution in [-0.4, -0.2) is 70.4 Å². The molecule has 1 unspecified atom stereocenters. The summed E-state index contributed by atoms with van der Waals surface area (Å²) in [6, 6.07) is 7.39. The van der Waals surface area contributed by atoms with E-state index in [9.17, 15) is 79.4 Å². The van der Waals surface area contributed by atoms with Gasteiger partial charge >= 0.3 is 53.6 Å². The molecule has 0 fully saturated rings. The average molecular weight is 656 g/mol. The molecule has 236 valence electrons. The number of aliphatic carboxylic acids is 1. The van der Waals surface area contributed by atoms with Crippen molar-refractivity contribution in [1.82, 2.24) is 10.6 Å². The molecule has 0 heterocycles. The van der Waals surface area contributed by atoms with Gasteiger partial charge in [0.25, 0.3) is 0 Å². The van der Waals surface area contributed by atoms with Crippen LogP contribution in [0.4, 0.5) is 74.6 Å². The SMILES string of the molecule is O=C(O)C(CNC(=S)NCc1ccccc1)C(F)(F)C(F)(F)C(F)(F)C(F)(F)C(F)(F)C(F)(F)C(F)(F)C(F)(F)F. The molecule has 0 aliphatic rings. The Morgan fingerprint density at radius 3 is 1.44 bits per heavy atom. The van der Waals surface area contributed by atoms with Crippen molar-refractivity contribution in [2.75, 3.05) is 6.54 Å². The average Bonchev–Trinajstić information content (AvgIpc) is 2.81. The maximum atomic E-state index is 14.3. The fraction of sp³-hybridized carbons (Fsp3) is 0.579. The second-order valence-corrected chi connectivity index (χ2v) is 8.42. The summed E-state index contributed by atoms with van der Waals surface area (Å²) in [5.74, 6) is -65.9. The van der Waals surface area contributed by atoms with Crippen molar-refractivity contribution in [3.8, 4) is 0 Å². The summed E-state index contributed by atoms with van der Waals surface area (Å²) in [7, 11) is 0. The Morgan fingerprint density at radius 1 is 0.659 bits per heavy atom. The number of thiocarbonyl (C=S) groups is 1. The van der Waals surface area contributed by atoms with Crippen molar-refractivity contribution >= 4 is 23.3 Å². The van der Waals surface area contributed by atoms with E-state index >= 15 is 0 Å². The maximum absolute atomic E-state index is 14.3. The van der Waals surface area contributed by atoms with Gasteiger partial charge in [-0.3, -0.25) is 4.79 Å². The van der Waals surface area contributed by atoms with Crippen LogP contribution in [0.5, 0.6) is 0 Å². The number of rotatable bonds is 12. The molecule has 0 saturated carbocycles. The Morgan fingerprint density at radius 2 is 1.05 bits per heavy atom. The molecule has 0 radical (unpaired) electrons. The number of alkyl halides is 17. The first kappa shape index (κ1) is 36.2. The van der Waals surface area contributed by atoms with Crippen molar-refractivity contribution in [2.45, 2.75) is 54.2 Å². The second-order valence-electron chi connectivity index (χ2n) is 8.01. The third-order valence-electron chi connectivity index (χ3n) is 5.24. The van der Waals surface area contributed by atoms with E-state index in [-0.39, 0.29) is 6.54 Å². The number of benzene rings is 1. The van der Waals surface area contributed by atoms with Gasteiger partial charge in [0, 0.05) is 13.1 Å². The van der Waals surface area contributed by atoms with Gasteiger partial charge in [-0.05, 0) is 17.8 Å². The molecule has 3 N–H and O–H groups in total. The predicted molar refractivity (Wildman–Crippen MR) is 106 cm³/mol. The highest BCUT2D eigenvalue weighted by molar-refractivity contribution is 7.80. The van der Waals surface area contributed by atoms with Gasteiger partial charge in [-0.2, -0.15) is 74.6 Å². The van der Waals surface area contributed by atoms with Crippen LogP contribution in [0.3, 0.4) is 0 Å². The molecule has 1 rings (SSSR count). The molecule has 0 spiro atoms. The van der Waals surface area contributed by atoms with Gasteiger partial charge in [0.2, 0.25) is 0 Å². The monoisotopic (exact) mass is 656 g/mol. The van der Waals surface area contributed by atoms with Crippen molar-refractivity contribution in [3.05, 3.63) is 35.9 Å². The minimum Gasteiger partial charge on any atom is -0.481 e. The smallest absolute Gasteiger partial charge is 0.460 e. The van der Waals surface area contributed by atoms with Gasteiger partial charge in [0.15, 0.2) is 5.11 Å². The Hall–Kier alpha value is -2.81. The highest BCUT2D eigenvalue weighted by Gasteiger charge is 2.95. The molecule has 22 heteroatoms. The van der Waals surface area contributed by atoms with Gasteiger partial charge in [0.05, 0.1) is 0 Å². The van der Waals surface area contributed by atoms with Gasteiger partial charge < -0.3 is 15.7 Å². The molecule has 0 saturated heterocycles. The molecule has 1 aromatic rings. The predicted octanol–water partition coefficient (Wildman–Crippen LogP) is 6.36. The quantitative estimate of drug-likeness (QED) is 0.181. The van der Waals surface area contributed by atoms with E-state index in [1.807, 2.05) is 0 Å². The molecule has 1 atom stereocenters. The summed E-state index contributed by atoms with van der Waals surface area (Å²) >= 11 is 4.50. The lowest BCUT2D eigenvalue weighted by molar-refractivity contribution is -0.463. The summed E-state index contributed by atoms with van der Waals surface area (Å²) in [5, 5.41) is 11.6. The number of nitrogens with one attached hydrogen (secondary N) is 2. The van der Waals surface area contributed by atoms with E-state index < -0.39 is 71.2 Å². The first-order valence-electron chi connectivity index (χ1n) is 10.1. The Balaban J connectivity index is 3.40. The van der Waals surface area contributed by atoms with Gasteiger partial charge in [-0.1, -0.05) is 30.3 Å². The van der Waals surface area contributed by atoms with Crippen LogP contribution in [0, 0.1) is 5.92 Å². The minimum atomic E-state index is -8.80. The fourth-order valence-corrected chi connectivity index (χ4v) is 2.96. The van der Waals surface area contributed by atoms with E-state index in [4.69, 9.17) is 5.11 Å². The lowest BCUT2D eigenvalue weighted by atomic mass is 9.85. The van der Waals surface area contributed by atoms with Crippen LogP contribution < -0.4 is 10.6 Å². The first-order chi connectivity index (χ1) is 18.1. The fourth-order valence-electron chi connectivity index (χ4n) is 2.80. The number of carbonyl (C=O) groups is 1. The van der Waals surface area contributed by atoms with Crippen molar-refractivity contribution in [2.24, 2.45) is 5.92 Å². The molecular formula is C19H13F17N2O2S. The lowest BCUT2D eigenvalue weighted by Gasteiger charge is -2.43. The van der Waals surface area contributed by atoms with Gasteiger partial charge in [0.1, 0.15) is 5.92 Å². The Bertz CT molecular complexity index is 1090. The molecule has 0 aliphatic heterocycles. The zero-order valence-electron chi connectivity index (χ0n) is 19.1. The molecule has 0 aliphatic carbocycles. The number of halogens is 17. The van der Waals surface area contributed by atoms with Crippen LogP contribution in [-0.2, 0) is 11.3 Å². The van der Waals surface area contributed by atoms with Crippen LogP contribution in [0.2, 0.25) is 0 Å². The summed E-state index contributed by atoms with van der Waals surface area (Å²) < 4.78 is 228. The molecule has 4 nitrogen and oxygen atoms in total. The molecule has 1 aromatic carbocycles. The van der Waals surface area contributed by atoms with Crippen LogP contribution in [0.1, 0.15) is 5.56 Å². The molecule has 0 bridgehead atoms. The Labute approximate surface area is 221 Å². The number of carboxylic acids is 1. The van der Waals surface area contributed by atoms with Crippen molar-refractivity contribution < 1.29 is 84.5 Å². The largest absolute Gasteiger partial charge is 0.481 e. The highest BCUT2D eigenvalue weighted by Crippen LogP contribution is 2.64. The van der Waals surface area contributed by atoms with E-state index in [2.05, 4.69) is 17.5 Å². The van der Waals surface area contributed by atoms with Gasteiger partial charge in [-0.15, -0.1) is 0 Å². The molecule has 0 aromatic heterocycles. The normalized spacial score (nSPS) is 15.3. The third-order valence-corrected chi connectivity index (χ3v) is 5.53. The van der Waals surface area contributed by atoms with E-state index in [1.165, 1.54) is 35.6 Å². The first-order valence-corrected chi connectivity index (χ1v) is 10.5. The highest BCUT2D eigenvalue weighted by atomic mass is 32.1. The van der Waals surface area contributed by atoms with Crippen LogP contribution in [0.25, 0.3) is 0 Å². The summed E-state index contributed by atoms with van der Waals surface area (Å²) in [4.78, 5) is 11.1. The topological polar surface area (TPSA) is 61.4 Å². The standard InChI is InChI=1S/C19H13F17N2O2S/c20-12(21,9(10(39)40)7-38-11(41)37-6-8-4-2-1-3-5-8)13(22,23)14(24,25)15(26,27)16(28,29)17(30,31)18(32,33)19(34,35)36/h1-5,9H,6-7H2,(H,39,40)(H2,37,38,41). The summed E-state index contributed by atoms with van der Waals surface area (Å²) in [5.41, 5.74) is 0.416. The number of carboxylic acid groups (broad SMARTS) is 1. The molecule has 0 amide bonds. The van der Waals surface area contributed by atoms with E-state index in [1.54, 1.807) is 0 Å². The lowest BCUT2D eigenvalue weighted by Crippen LogP contribution is -2.75. The third kappa shape index (κ3) is 5.92. The van der Waals surface area contributed by atoms with E-state index in [0.717, 1.165) is 0 Å². The van der Waals surface area contributed by atoms with Crippen molar-refractivity contribution in [3.63, 3.8) is 0 Å². The second kappa shape index (κ2) is 11.1. The number of hydrogen-bond donors (Lipinski definition) is 3.